The van der Waals surface area contributed by atoms with E-state index in [1.54, 1.807) is 24.4 Å². The van der Waals surface area contributed by atoms with Gasteiger partial charge in [-0.05, 0) is 12.1 Å². The molecule has 6 heteroatoms. The van der Waals surface area contributed by atoms with Crippen molar-refractivity contribution in [2.75, 3.05) is 19.6 Å². The smallest absolute Gasteiger partial charge is 0.242 e. The third-order valence-electron chi connectivity index (χ3n) is 2.71. The Hall–Kier alpha value is -1.94. The van der Waals surface area contributed by atoms with E-state index in [9.17, 15) is 8.42 Å². The fourth-order valence-corrected chi connectivity index (χ4v) is 3.01. The van der Waals surface area contributed by atoms with Crippen molar-refractivity contribution in [3.8, 4) is 12.3 Å². The van der Waals surface area contributed by atoms with Gasteiger partial charge in [-0.1, -0.05) is 24.1 Å². The Morgan fingerprint density at radius 2 is 2.00 bits per heavy atom. The Balaban J connectivity index is 2.18. The molecule has 104 valence electrons. The molecule has 0 atom stereocenters. The van der Waals surface area contributed by atoms with Crippen LogP contribution in [-0.2, 0) is 10.0 Å². The molecule has 2 aromatic rings. The van der Waals surface area contributed by atoms with E-state index in [0.717, 1.165) is 5.39 Å². The number of hydrogen-bond acceptors (Lipinski definition) is 4. The summed E-state index contributed by atoms with van der Waals surface area (Å²) in [5, 5.41) is 3.71. The van der Waals surface area contributed by atoms with Crippen LogP contribution in [0.3, 0.4) is 0 Å². The maximum absolute atomic E-state index is 12.3. The lowest BCUT2D eigenvalue weighted by molar-refractivity contribution is 0.579. The predicted molar refractivity (Wildman–Crippen MR) is 78.6 cm³/mol. The van der Waals surface area contributed by atoms with E-state index in [4.69, 9.17) is 6.42 Å². The number of pyridine rings is 1. The highest BCUT2D eigenvalue weighted by atomic mass is 32.2. The number of sulfonamides is 1. The lowest BCUT2D eigenvalue weighted by Gasteiger charge is -2.08. The maximum Gasteiger partial charge on any atom is 0.242 e. The molecule has 0 aliphatic heterocycles. The van der Waals surface area contributed by atoms with Crippen LogP contribution in [-0.4, -0.2) is 33.0 Å². The van der Waals surface area contributed by atoms with Crippen LogP contribution in [0.15, 0.2) is 41.4 Å². The van der Waals surface area contributed by atoms with Gasteiger partial charge in [-0.3, -0.25) is 4.98 Å². The average molecular weight is 289 g/mol. The zero-order chi connectivity index (χ0) is 14.4. The second-order valence-electron chi connectivity index (χ2n) is 4.11. The first-order valence-corrected chi connectivity index (χ1v) is 7.61. The molecule has 2 N–H and O–H groups in total. The summed E-state index contributed by atoms with van der Waals surface area (Å²) in [4.78, 5) is 4.33. The highest BCUT2D eigenvalue weighted by molar-refractivity contribution is 7.89. The van der Waals surface area contributed by atoms with Gasteiger partial charge in [-0.15, -0.1) is 6.42 Å². The molecule has 0 unspecified atom stereocenters. The predicted octanol–water partition coefficient (Wildman–Crippen LogP) is 0.736. The largest absolute Gasteiger partial charge is 0.305 e. The quantitative estimate of drug-likeness (QED) is 0.608. The minimum atomic E-state index is -3.58. The van der Waals surface area contributed by atoms with Crippen LogP contribution in [0.4, 0.5) is 0 Å². The van der Waals surface area contributed by atoms with Crippen molar-refractivity contribution in [3.63, 3.8) is 0 Å². The standard InChI is InChI=1S/C14H15N3O2S/c1-2-8-15-10-11-17-20(18,19)13-7-3-5-12-6-4-9-16-14(12)13/h1,3-7,9,15,17H,8,10-11H2. The van der Waals surface area contributed by atoms with E-state index < -0.39 is 10.0 Å². The summed E-state index contributed by atoms with van der Waals surface area (Å²) in [5.41, 5.74) is 0.471. The molecule has 0 amide bonds. The van der Waals surface area contributed by atoms with Gasteiger partial charge in [-0.25, -0.2) is 13.1 Å². The van der Waals surface area contributed by atoms with Gasteiger partial charge >= 0.3 is 0 Å². The number of nitrogens with one attached hydrogen (secondary N) is 2. The molecule has 0 bridgehead atoms. The van der Waals surface area contributed by atoms with Gasteiger partial charge in [0, 0.05) is 24.7 Å². The fourth-order valence-electron chi connectivity index (χ4n) is 1.81. The third kappa shape index (κ3) is 3.33. The molecule has 0 aliphatic carbocycles. The molecule has 1 heterocycles. The van der Waals surface area contributed by atoms with Crippen molar-refractivity contribution in [1.82, 2.24) is 15.0 Å². The fraction of sp³-hybridized carbons (Fsp3) is 0.214. The summed E-state index contributed by atoms with van der Waals surface area (Å²) in [7, 11) is -3.58. The Kier molecular flexibility index (Phi) is 4.69. The lowest BCUT2D eigenvalue weighted by Crippen LogP contribution is -2.32. The number of terminal acetylenes is 1. The second-order valence-corrected chi connectivity index (χ2v) is 5.85. The number of para-hydroxylation sites is 1. The molecule has 5 nitrogen and oxygen atoms in total. The molecule has 0 radical (unpaired) electrons. The Morgan fingerprint density at radius 1 is 1.20 bits per heavy atom. The monoisotopic (exact) mass is 289 g/mol. The molecule has 20 heavy (non-hydrogen) atoms. The SMILES string of the molecule is C#CCNCCNS(=O)(=O)c1cccc2cccnc12. The highest BCUT2D eigenvalue weighted by Crippen LogP contribution is 2.20. The van der Waals surface area contributed by atoms with E-state index in [0.29, 0.717) is 18.6 Å². The minimum Gasteiger partial charge on any atom is -0.305 e. The highest BCUT2D eigenvalue weighted by Gasteiger charge is 2.17. The van der Waals surface area contributed by atoms with Crippen LogP contribution in [0.1, 0.15) is 0 Å². The number of aromatic nitrogens is 1. The number of rotatable bonds is 6. The van der Waals surface area contributed by atoms with Crippen molar-refractivity contribution in [2.45, 2.75) is 4.90 Å². The number of benzene rings is 1. The summed E-state index contributed by atoms with van der Waals surface area (Å²) in [6.07, 6.45) is 6.67. The van der Waals surface area contributed by atoms with Crippen LogP contribution < -0.4 is 10.0 Å². The van der Waals surface area contributed by atoms with Crippen LogP contribution in [0.25, 0.3) is 10.9 Å². The maximum atomic E-state index is 12.3. The van der Waals surface area contributed by atoms with Crippen LogP contribution >= 0.6 is 0 Å². The molecule has 0 spiro atoms. The average Bonchev–Trinajstić information content (AvgIpc) is 2.46. The van der Waals surface area contributed by atoms with Crippen molar-refractivity contribution in [1.29, 1.82) is 0 Å². The molecular weight excluding hydrogens is 274 g/mol. The van der Waals surface area contributed by atoms with E-state index in [2.05, 4.69) is 20.9 Å². The van der Waals surface area contributed by atoms with Gasteiger partial charge in [0.1, 0.15) is 4.90 Å². The molecule has 2 rings (SSSR count). The van der Waals surface area contributed by atoms with E-state index in [1.165, 1.54) is 0 Å². The third-order valence-corrected chi connectivity index (χ3v) is 4.20. The first-order valence-electron chi connectivity index (χ1n) is 6.13. The summed E-state index contributed by atoms with van der Waals surface area (Å²) in [5.74, 6) is 2.42. The zero-order valence-electron chi connectivity index (χ0n) is 10.8. The number of hydrogen-bond donors (Lipinski definition) is 2. The van der Waals surface area contributed by atoms with E-state index in [-0.39, 0.29) is 11.4 Å². The lowest BCUT2D eigenvalue weighted by atomic mass is 10.2. The number of nitrogens with zero attached hydrogens (tertiary/aromatic N) is 1. The van der Waals surface area contributed by atoms with Crippen molar-refractivity contribution >= 4 is 20.9 Å². The zero-order valence-corrected chi connectivity index (χ0v) is 11.7. The first-order chi connectivity index (χ1) is 9.65. The van der Waals surface area contributed by atoms with Gasteiger partial charge < -0.3 is 5.32 Å². The Bertz CT molecular complexity index is 730. The molecule has 1 aromatic heterocycles. The normalized spacial score (nSPS) is 11.3. The summed E-state index contributed by atoms with van der Waals surface area (Å²) < 4.78 is 27.0. The van der Waals surface area contributed by atoms with Crippen molar-refractivity contribution in [2.24, 2.45) is 0 Å². The number of fused-ring (bicyclic) bond motifs is 1. The Labute approximate surface area is 118 Å². The first kappa shape index (κ1) is 14.5. The van der Waals surface area contributed by atoms with Crippen LogP contribution in [0.5, 0.6) is 0 Å². The summed E-state index contributed by atoms with van der Waals surface area (Å²) in [6.45, 7) is 1.16. The topological polar surface area (TPSA) is 71.1 Å². The van der Waals surface area contributed by atoms with Gasteiger partial charge in [0.25, 0.3) is 0 Å². The molecular formula is C14H15N3O2S. The van der Waals surface area contributed by atoms with Gasteiger partial charge in [0.15, 0.2) is 0 Å². The van der Waals surface area contributed by atoms with E-state index in [1.807, 2.05) is 12.1 Å². The molecule has 0 fully saturated rings. The van der Waals surface area contributed by atoms with Gasteiger partial charge in [-0.2, -0.15) is 0 Å². The van der Waals surface area contributed by atoms with Crippen LogP contribution in [0.2, 0.25) is 0 Å². The van der Waals surface area contributed by atoms with Crippen molar-refractivity contribution in [3.05, 3.63) is 36.5 Å². The minimum absolute atomic E-state index is 0.188. The summed E-state index contributed by atoms with van der Waals surface area (Å²) in [6, 6.07) is 8.68. The van der Waals surface area contributed by atoms with E-state index >= 15 is 0 Å². The van der Waals surface area contributed by atoms with Gasteiger partial charge in [0.2, 0.25) is 10.0 Å². The van der Waals surface area contributed by atoms with Crippen molar-refractivity contribution < 1.29 is 8.42 Å². The molecule has 1 aromatic carbocycles. The molecule has 0 saturated carbocycles. The van der Waals surface area contributed by atoms with Crippen LogP contribution in [0, 0.1) is 12.3 Å². The van der Waals surface area contributed by atoms with Gasteiger partial charge in [0.05, 0.1) is 12.1 Å². The molecule has 0 saturated heterocycles. The second kappa shape index (κ2) is 6.48. The Morgan fingerprint density at radius 3 is 2.80 bits per heavy atom. The molecule has 0 aliphatic rings. The summed E-state index contributed by atoms with van der Waals surface area (Å²) >= 11 is 0.